The van der Waals surface area contributed by atoms with Crippen molar-refractivity contribution in [3.05, 3.63) is 22.4 Å². The molecule has 20 heavy (non-hydrogen) atoms. The van der Waals surface area contributed by atoms with Crippen LogP contribution in [-0.4, -0.2) is 49.6 Å². The monoisotopic (exact) mass is 295 g/mol. The fourth-order valence-corrected chi connectivity index (χ4v) is 3.20. The maximum absolute atomic E-state index is 11.9. The lowest BCUT2D eigenvalue weighted by molar-refractivity contribution is -0.122. The van der Waals surface area contributed by atoms with Crippen molar-refractivity contribution in [3.63, 3.8) is 0 Å². The summed E-state index contributed by atoms with van der Waals surface area (Å²) >= 11 is 1.74. The van der Waals surface area contributed by atoms with Gasteiger partial charge in [-0.3, -0.25) is 9.69 Å². The van der Waals surface area contributed by atoms with Crippen molar-refractivity contribution in [2.75, 3.05) is 33.2 Å². The molecule has 0 bridgehead atoms. The Morgan fingerprint density at radius 2 is 2.20 bits per heavy atom. The van der Waals surface area contributed by atoms with E-state index in [0.29, 0.717) is 6.54 Å². The molecule has 1 amide bonds. The summed E-state index contributed by atoms with van der Waals surface area (Å²) in [7, 11) is 2.02. The molecule has 1 aliphatic heterocycles. The molecule has 0 aromatic carbocycles. The largest absolute Gasteiger partial charge is 0.355 e. The van der Waals surface area contributed by atoms with Gasteiger partial charge in [0.15, 0.2) is 0 Å². The van der Waals surface area contributed by atoms with Crippen LogP contribution < -0.4 is 10.6 Å². The van der Waals surface area contributed by atoms with Gasteiger partial charge in [-0.25, -0.2) is 0 Å². The number of nitrogens with one attached hydrogen (secondary N) is 2. The van der Waals surface area contributed by atoms with Gasteiger partial charge in [-0.1, -0.05) is 6.07 Å². The Morgan fingerprint density at radius 3 is 2.80 bits per heavy atom. The van der Waals surface area contributed by atoms with Crippen molar-refractivity contribution >= 4 is 17.2 Å². The van der Waals surface area contributed by atoms with Crippen molar-refractivity contribution < 1.29 is 4.79 Å². The third-order valence-corrected chi connectivity index (χ3v) is 5.14. The third kappa shape index (κ3) is 4.58. The number of rotatable bonds is 6. The molecule has 0 atom stereocenters. The molecule has 5 heteroatoms. The van der Waals surface area contributed by atoms with Gasteiger partial charge >= 0.3 is 0 Å². The SMILES string of the molecule is CNC1(C)CCN(CC(=O)NCCc2cccs2)CC1. The molecule has 2 heterocycles. The van der Waals surface area contributed by atoms with Gasteiger partial charge in [0, 0.05) is 30.1 Å². The summed E-state index contributed by atoms with van der Waals surface area (Å²) in [5, 5.41) is 8.46. The first-order valence-electron chi connectivity index (χ1n) is 7.32. The molecule has 1 fully saturated rings. The number of carbonyl (C=O) groups is 1. The summed E-state index contributed by atoms with van der Waals surface area (Å²) in [6, 6.07) is 4.16. The van der Waals surface area contributed by atoms with Crippen LogP contribution >= 0.6 is 11.3 Å². The fraction of sp³-hybridized carbons (Fsp3) is 0.667. The lowest BCUT2D eigenvalue weighted by Crippen LogP contribution is -2.51. The van der Waals surface area contributed by atoms with Crippen LogP contribution in [0, 0.1) is 0 Å². The Hall–Kier alpha value is -0.910. The second-order valence-electron chi connectivity index (χ2n) is 5.77. The Morgan fingerprint density at radius 1 is 1.45 bits per heavy atom. The molecular weight excluding hydrogens is 270 g/mol. The average Bonchev–Trinajstić information content (AvgIpc) is 2.95. The highest BCUT2D eigenvalue weighted by atomic mass is 32.1. The van der Waals surface area contributed by atoms with Gasteiger partial charge in [-0.2, -0.15) is 0 Å². The molecule has 0 radical (unpaired) electrons. The predicted octanol–water partition coefficient (Wildman–Crippen LogP) is 1.48. The van der Waals surface area contributed by atoms with Gasteiger partial charge in [-0.05, 0) is 44.7 Å². The van der Waals surface area contributed by atoms with E-state index >= 15 is 0 Å². The second-order valence-corrected chi connectivity index (χ2v) is 6.80. The number of likely N-dealkylation sites (tertiary alicyclic amines) is 1. The zero-order valence-corrected chi connectivity index (χ0v) is 13.3. The van der Waals surface area contributed by atoms with E-state index in [0.717, 1.165) is 38.9 Å². The number of thiophene rings is 1. The van der Waals surface area contributed by atoms with E-state index in [1.165, 1.54) is 4.88 Å². The lowest BCUT2D eigenvalue weighted by Gasteiger charge is -2.39. The third-order valence-electron chi connectivity index (χ3n) is 4.20. The smallest absolute Gasteiger partial charge is 0.234 e. The zero-order valence-electron chi connectivity index (χ0n) is 12.4. The molecule has 112 valence electrons. The quantitative estimate of drug-likeness (QED) is 0.835. The summed E-state index contributed by atoms with van der Waals surface area (Å²) in [4.78, 5) is 15.5. The highest BCUT2D eigenvalue weighted by Crippen LogP contribution is 2.20. The maximum atomic E-state index is 11.9. The first-order valence-corrected chi connectivity index (χ1v) is 8.20. The van der Waals surface area contributed by atoms with E-state index in [-0.39, 0.29) is 11.4 Å². The highest BCUT2D eigenvalue weighted by molar-refractivity contribution is 7.09. The summed E-state index contributed by atoms with van der Waals surface area (Å²) in [5.74, 6) is 0.148. The Balaban J connectivity index is 1.63. The van der Waals surface area contributed by atoms with E-state index in [1.54, 1.807) is 11.3 Å². The molecule has 0 spiro atoms. The van der Waals surface area contributed by atoms with Crippen LogP contribution in [0.1, 0.15) is 24.6 Å². The zero-order chi connectivity index (χ0) is 14.4. The minimum absolute atomic E-state index is 0.148. The van der Waals surface area contributed by atoms with Gasteiger partial charge < -0.3 is 10.6 Å². The number of nitrogens with zero attached hydrogens (tertiary/aromatic N) is 1. The summed E-state index contributed by atoms with van der Waals surface area (Å²) in [6.45, 7) is 5.52. The van der Waals surface area contributed by atoms with Gasteiger partial charge in [-0.15, -0.1) is 11.3 Å². The molecule has 2 N–H and O–H groups in total. The highest BCUT2D eigenvalue weighted by Gasteiger charge is 2.28. The maximum Gasteiger partial charge on any atom is 0.234 e. The number of amides is 1. The fourth-order valence-electron chi connectivity index (χ4n) is 2.49. The molecule has 1 aliphatic rings. The molecule has 4 nitrogen and oxygen atoms in total. The van der Waals surface area contributed by atoms with Gasteiger partial charge in [0.25, 0.3) is 0 Å². The van der Waals surface area contributed by atoms with Crippen LogP contribution in [0.15, 0.2) is 17.5 Å². The number of hydrogen-bond acceptors (Lipinski definition) is 4. The van der Waals surface area contributed by atoms with Crippen LogP contribution in [0.3, 0.4) is 0 Å². The van der Waals surface area contributed by atoms with Gasteiger partial charge in [0.05, 0.1) is 6.54 Å². The number of piperidine rings is 1. The predicted molar refractivity (Wildman–Crippen MR) is 84.2 cm³/mol. The van der Waals surface area contributed by atoms with E-state index in [2.05, 4.69) is 33.9 Å². The van der Waals surface area contributed by atoms with E-state index in [9.17, 15) is 4.79 Å². The van der Waals surface area contributed by atoms with Crippen LogP contribution in [0.2, 0.25) is 0 Å². The Labute approximate surface area is 125 Å². The van der Waals surface area contributed by atoms with E-state index in [1.807, 2.05) is 13.1 Å². The van der Waals surface area contributed by atoms with Crippen molar-refractivity contribution in [2.24, 2.45) is 0 Å². The summed E-state index contributed by atoms with van der Waals surface area (Å²) < 4.78 is 0. The lowest BCUT2D eigenvalue weighted by atomic mass is 9.90. The van der Waals surface area contributed by atoms with Gasteiger partial charge in [0.1, 0.15) is 0 Å². The summed E-state index contributed by atoms with van der Waals surface area (Å²) in [5.41, 5.74) is 0.242. The Kier molecular flexibility index (Phi) is 5.57. The van der Waals surface area contributed by atoms with Crippen molar-refractivity contribution in [2.45, 2.75) is 31.7 Å². The average molecular weight is 295 g/mol. The molecule has 0 saturated carbocycles. The molecule has 2 rings (SSSR count). The molecule has 1 aromatic heterocycles. The summed E-state index contributed by atoms with van der Waals surface area (Å²) in [6.07, 6.45) is 3.14. The first-order chi connectivity index (χ1) is 9.61. The van der Waals surface area contributed by atoms with Crippen LogP contribution in [0.5, 0.6) is 0 Å². The van der Waals surface area contributed by atoms with E-state index in [4.69, 9.17) is 0 Å². The molecule has 0 aliphatic carbocycles. The molecular formula is C15H25N3OS. The normalized spacial score (nSPS) is 18.9. The van der Waals surface area contributed by atoms with E-state index < -0.39 is 0 Å². The standard InChI is InChI=1S/C15H25N3OS/c1-15(16-2)6-9-18(10-7-15)12-14(19)17-8-5-13-4-3-11-20-13/h3-4,11,16H,5-10,12H2,1-2H3,(H,17,19). The van der Waals surface area contributed by atoms with Crippen molar-refractivity contribution in [1.82, 2.24) is 15.5 Å². The topological polar surface area (TPSA) is 44.4 Å². The van der Waals surface area contributed by atoms with Crippen LogP contribution in [0.4, 0.5) is 0 Å². The van der Waals surface area contributed by atoms with Crippen molar-refractivity contribution in [1.29, 1.82) is 0 Å². The number of carbonyl (C=O) groups excluding carboxylic acids is 1. The molecule has 0 unspecified atom stereocenters. The second kappa shape index (κ2) is 7.20. The first kappa shape index (κ1) is 15.5. The van der Waals surface area contributed by atoms with Crippen LogP contribution in [0.25, 0.3) is 0 Å². The minimum Gasteiger partial charge on any atom is -0.355 e. The minimum atomic E-state index is 0.148. The van der Waals surface area contributed by atoms with Crippen molar-refractivity contribution in [3.8, 4) is 0 Å². The number of hydrogen-bond donors (Lipinski definition) is 2. The van der Waals surface area contributed by atoms with Crippen LogP contribution in [-0.2, 0) is 11.2 Å². The van der Waals surface area contributed by atoms with Gasteiger partial charge in [0.2, 0.25) is 5.91 Å². The Bertz CT molecular complexity index is 411. The molecule has 1 saturated heterocycles. The molecule has 1 aromatic rings.